The van der Waals surface area contributed by atoms with Crippen molar-refractivity contribution in [2.24, 2.45) is 0 Å². The van der Waals surface area contributed by atoms with Crippen LogP contribution in [-0.4, -0.2) is 11.3 Å². The zero-order valence-electron chi connectivity index (χ0n) is 6.90. The van der Waals surface area contributed by atoms with Gasteiger partial charge < -0.3 is 10.5 Å². The van der Waals surface area contributed by atoms with Crippen molar-refractivity contribution >= 4 is 18.0 Å². The number of hydrogen-bond acceptors (Lipinski definition) is 3. The molecule has 3 nitrogen and oxygen atoms in total. The van der Waals surface area contributed by atoms with Gasteiger partial charge >= 0.3 is 0 Å². The molecule has 0 bridgehead atoms. The van der Waals surface area contributed by atoms with Crippen LogP contribution >= 0.6 is 0 Å². The lowest BCUT2D eigenvalue weighted by Gasteiger charge is -1.97. The third kappa shape index (κ3) is 2.66. The van der Waals surface area contributed by atoms with Crippen molar-refractivity contribution < 1.29 is 9.18 Å². The van der Waals surface area contributed by atoms with Gasteiger partial charge in [0, 0.05) is 6.42 Å². The van der Waals surface area contributed by atoms with Crippen LogP contribution in [0.5, 0.6) is 0 Å². The van der Waals surface area contributed by atoms with Crippen LogP contribution in [0.15, 0.2) is 18.2 Å². The highest BCUT2D eigenvalue weighted by molar-refractivity contribution is 5.63. The molecule has 1 rings (SSSR count). The molecule has 1 heterocycles. The Bertz CT molecular complexity index is 336. The molecular weight excluding hydrogens is 171 g/mol. The summed E-state index contributed by atoms with van der Waals surface area (Å²) in [7, 11) is 0. The fraction of sp³-hybridized carbons (Fsp3) is 0.111. The van der Waals surface area contributed by atoms with E-state index in [1.807, 2.05) is 0 Å². The lowest BCUT2D eigenvalue weighted by molar-refractivity contribution is -0.107. The molecule has 0 aliphatic rings. The summed E-state index contributed by atoms with van der Waals surface area (Å²) in [6, 6.07) is 2.62. The number of aldehydes is 1. The van der Waals surface area contributed by atoms with Crippen LogP contribution in [0.25, 0.3) is 6.08 Å². The summed E-state index contributed by atoms with van der Waals surface area (Å²) in [4.78, 5) is 13.5. The van der Waals surface area contributed by atoms with E-state index >= 15 is 0 Å². The van der Waals surface area contributed by atoms with E-state index in [4.69, 9.17) is 5.73 Å². The van der Waals surface area contributed by atoms with Crippen LogP contribution in [0.3, 0.4) is 0 Å². The van der Waals surface area contributed by atoms with Gasteiger partial charge in [-0.15, -0.1) is 0 Å². The third-order valence-electron chi connectivity index (χ3n) is 1.43. The molecule has 2 N–H and O–H groups in total. The number of hydrogen-bond donors (Lipinski definition) is 1. The van der Waals surface area contributed by atoms with Gasteiger partial charge in [0.1, 0.15) is 6.29 Å². The van der Waals surface area contributed by atoms with E-state index in [0.29, 0.717) is 11.4 Å². The molecule has 68 valence electrons. The standard InChI is InChI=1S/C9H9FN2O/c10-9-5-4-7(11)8(12-9)3-1-2-6-13/h1,3-6H,2,11H2. The molecule has 1 aromatic rings. The minimum atomic E-state index is -0.583. The molecule has 4 heteroatoms. The number of anilines is 1. The number of nitrogen functional groups attached to an aromatic ring is 1. The Morgan fingerprint density at radius 3 is 3.00 bits per heavy atom. The first kappa shape index (κ1) is 9.38. The second-order valence-corrected chi connectivity index (χ2v) is 2.41. The first-order valence-electron chi connectivity index (χ1n) is 3.76. The van der Waals surface area contributed by atoms with Gasteiger partial charge in [-0.25, -0.2) is 4.98 Å². The topological polar surface area (TPSA) is 56.0 Å². The van der Waals surface area contributed by atoms with E-state index in [9.17, 15) is 9.18 Å². The number of carbonyl (C=O) groups excluding carboxylic acids is 1. The summed E-state index contributed by atoms with van der Waals surface area (Å²) < 4.78 is 12.6. The molecule has 0 aliphatic heterocycles. The zero-order valence-corrected chi connectivity index (χ0v) is 6.90. The largest absolute Gasteiger partial charge is 0.397 e. The predicted octanol–water partition coefficient (Wildman–Crippen LogP) is 1.41. The quantitative estimate of drug-likeness (QED) is 0.565. The smallest absolute Gasteiger partial charge is 0.213 e. The monoisotopic (exact) mass is 180 g/mol. The van der Waals surface area contributed by atoms with Gasteiger partial charge in [0.05, 0.1) is 11.4 Å². The number of allylic oxidation sites excluding steroid dienone is 1. The Morgan fingerprint density at radius 2 is 2.31 bits per heavy atom. The maximum Gasteiger partial charge on any atom is 0.213 e. The minimum Gasteiger partial charge on any atom is -0.397 e. The fourth-order valence-electron chi connectivity index (χ4n) is 0.830. The molecule has 0 radical (unpaired) electrons. The summed E-state index contributed by atoms with van der Waals surface area (Å²) >= 11 is 0. The number of pyridine rings is 1. The Morgan fingerprint density at radius 1 is 1.54 bits per heavy atom. The average Bonchev–Trinajstić information content (AvgIpc) is 2.11. The van der Waals surface area contributed by atoms with E-state index in [1.165, 1.54) is 18.2 Å². The van der Waals surface area contributed by atoms with Crippen LogP contribution < -0.4 is 5.73 Å². The summed E-state index contributed by atoms with van der Waals surface area (Å²) in [6.45, 7) is 0. The Labute approximate surface area is 75.1 Å². The van der Waals surface area contributed by atoms with Crippen molar-refractivity contribution in [2.75, 3.05) is 5.73 Å². The number of rotatable bonds is 3. The van der Waals surface area contributed by atoms with E-state index in [1.54, 1.807) is 6.08 Å². The van der Waals surface area contributed by atoms with Gasteiger partial charge in [-0.05, 0) is 18.2 Å². The second kappa shape index (κ2) is 4.35. The normalized spacial score (nSPS) is 10.5. The molecular formula is C9H9FN2O. The number of nitrogens with two attached hydrogens (primary N) is 1. The lowest BCUT2D eigenvalue weighted by Crippen LogP contribution is -1.94. The molecule has 0 amide bonds. The maximum absolute atomic E-state index is 12.6. The summed E-state index contributed by atoms with van der Waals surface area (Å²) in [5.41, 5.74) is 6.24. The molecule has 0 fully saturated rings. The van der Waals surface area contributed by atoms with Crippen molar-refractivity contribution in [2.45, 2.75) is 6.42 Å². The highest BCUT2D eigenvalue weighted by Gasteiger charge is 1.97. The first-order valence-corrected chi connectivity index (χ1v) is 3.76. The number of nitrogens with zero attached hydrogens (tertiary/aromatic N) is 1. The Balaban J connectivity index is 2.86. The Hall–Kier alpha value is -1.71. The predicted molar refractivity (Wildman–Crippen MR) is 48.3 cm³/mol. The molecule has 0 aliphatic carbocycles. The molecule has 13 heavy (non-hydrogen) atoms. The van der Waals surface area contributed by atoms with Crippen molar-refractivity contribution in [1.82, 2.24) is 4.98 Å². The highest BCUT2D eigenvalue weighted by atomic mass is 19.1. The summed E-state index contributed by atoms with van der Waals surface area (Å²) in [5.74, 6) is -0.583. The van der Waals surface area contributed by atoms with Gasteiger partial charge in [-0.1, -0.05) is 6.08 Å². The Kier molecular flexibility index (Phi) is 3.14. The van der Waals surface area contributed by atoms with Crippen molar-refractivity contribution in [3.8, 4) is 0 Å². The van der Waals surface area contributed by atoms with Crippen molar-refractivity contribution in [3.05, 3.63) is 29.9 Å². The van der Waals surface area contributed by atoms with Crippen LogP contribution in [0.1, 0.15) is 12.1 Å². The summed E-state index contributed by atoms with van der Waals surface area (Å²) in [6.07, 6.45) is 4.11. The van der Waals surface area contributed by atoms with Crippen molar-refractivity contribution in [1.29, 1.82) is 0 Å². The third-order valence-corrected chi connectivity index (χ3v) is 1.43. The molecule has 0 unspecified atom stereocenters. The minimum absolute atomic E-state index is 0.275. The molecule has 1 aromatic heterocycles. The van der Waals surface area contributed by atoms with Crippen LogP contribution in [0.4, 0.5) is 10.1 Å². The van der Waals surface area contributed by atoms with Crippen LogP contribution in [-0.2, 0) is 4.79 Å². The molecule has 0 saturated carbocycles. The lowest BCUT2D eigenvalue weighted by atomic mass is 10.2. The number of carbonyl (C=O) groups is 1. The fourth-order valence-corrected chi connectivity index (χ4v) is 0.830. The maximum atomic E-state index is 12.6. The van der Waals surface area contributed by atoms with Gasteiger partial charge in [-0.3, -0.25) is 0 Å². The van der Waals surface area contributed by atoms with E-state index < -0.39 is 5.95 Å². The summed E-state index contributed by atoms with van der Waals surface area (Å²) in [5, 5.41) is 0. The van der Waals surface area contributed by atoms with Crippen LogP contribution in [0.2, 0.25) is 0 Å². The van der Waals surface area contributed by atoms with Gasteiger partial charge in [0.2, 0.25) is 5.95 Å². The van der Waals surface area contributed by atoms with E-state index in [2.05, 4.69) is 4.98 Å². The van der Waals surface area contributed by atoms with E-state index in [0.717, 1.165) is 6.29 Å². The van der Waals surface area contributed by atoms with Crippen molar-refractivity contribution in [3.63, 3.8) is 0 Å². The molecule has 0 spiro atoms. The zero-order chi connectivity index (χ0) is 9.68. The van der Waals surface area contributed by atoms with Gasteiger partial charge in [-0.2, -0.15) is 4.39 Å². The SMILES string of the molecule is Nc1ccc(F)nc1C=CCC=O. The molecule has 0 aromatic carbocycles. The van der Waals surface area contributed by atoms with Crippen LogP contribution in [0, 0.1) is 5.95 Å². The average molecular weight is 180 g/mol. The highest BCUT2D eigenvalue weighted by Crippen LogP contribution is 2.10. The van der Waals surface area contributed by atoms with Gasteiger partial charge in [0.15, 0.2) is 0 Å². The molecule has 0 saturated heterocycles. The first-order chi connectivity index (χ1) is 6.24. The molecule has 0 atom stereocenters. The van der Waals surface area contributed by atoms with Gasteiger partial charge in [0.25, 0.3) is 0 Å². The number of aromatic nitrogens is 1. The number of halogens is 1. The van der Waals surface area contributed by atoms with E-state index in [-0.39, 0.29) is 6.42 Å². The second-order valence-electron chi connectivity index (χ2n) is 2.41.